The van der Waals surface area contributed by atoms with Crippen molar-refractivity contribution in [2.45, 2.75) is 32.2 Å². The van der Waals surface area contributed by atoms with Crippen molar-refractivity contribution in [2.24, 2.45) is 0 Å². The molecule has 1 saturated heterocycles. The Morgan fingerprint density at radius 3 is 3.10 bits per heavy atom. The molecule has 3 rings (SSSR count). The summed E-state index contributed by atoms with van der Waals surface area (Å²) in [4.78, 5) is 18.1. The number of nitrogens with one attached hydrogen (secondary N) is 1. The Kier molecular flexibility index (Phi) is 3.64. The zero-order valence-electron chi connectivity index (χ0n) is 12.1. The summed E-state index contributed by atoms with van der Waals surface area (Å²) >= 11 is 0. The molecule has 1 fully saturated rings. The highest BCUT2D eigenvalue weighted by molar-refractivity contribution is 5.74. The summed E-state index contributed by atoms with van der Waals surface area (Å²) in [6.07, 6.45) is 2.40. The fraction of sp³-hybridized carbons (Fsp3) is 0.500. The van der Waals surface area contributed by atoms with Crippen LogP contribution in [0.4, 0.5) is 4.79 Å². The van der Waals surface area contributed by atoms with Gasteiger partial charge in [0.15, 0.2) is 11.6 Å². The summed E-state index contributed by atoms with van der Waals surface area (Å²) in [6.45, 7) is 5.20. The van der Waals surface area contributed by atoms with Gasteiger partial charge in [0, 0.05) is 25.0 Å². The Labute approximate surface area is 122 Å². The predicted molar refractivity (Wildman–Crippen MR) is 74.6 cm³/mol. The van der Waals surface area contributed by atoms with E-state index < -0.39 is 0 Å². The van der Waals surface area contributed by atoms with E-state index in [-0.39, 0.29) is 18.0 Å². The lowest BCUT2D eigenvalue weighted by atomic mass is 10.1. The molecular weight excluding hydrogens is 272 g/mol. The number of carbonyl (C=O) groups is 1. The van der Waals surface area contributed by atoms with Crippen molar-refractivity contribution in [1.29, 1.82) is 0 Å². The monoisotopic (exact) mass is 290 g/mol. The van der Waals surface area contributed by atoms with Crippen molar-refractivity contribution >= 4 is 6.03 Å². The summed E-state index contributed by atoms with van der Waals surface area (Å²) in [6, 6.07) is 3.63. The second-order valence-electron chi connectivity index (χ2n) is 5.47. The van der Waals surface area contributed by atoms with E-state index in [1.165, 1.54) is 0 Å². The highest BCUT2D eigenvalue weighted by Gasteiger charge is 2.31. The van der Waals surface area contributed by atoms with Crippen LogP contribution in [0.3, 0.4) is 0 Å². The van der Waals surface area contributed by atoms with E-state index in [4.69, 9.17) is 8.94 Å². The lowest BCUT2D eigenvalue weighted by Gasteiger charge is -2.18. The van der Waals surface area contributed by atoms with Crippen LogP contribution in [0.15, 0.2) is 27.3 Å². The van der Waals surface area contributed by atoms with Gasteiger partial charge in [0.1, 0.15) is 0 Å². The number of urea groups is 1. The maximum atomic E-state index is 12.0. The third-order valence-corrected chi connectivity index (χ3v) is 3.43. The molecule has 1 atom stereocenters. The molecule has 2 aromatic heterocycles. The van der Waals surface area contributed by atoms with Crippen LogP contribution >= 0.6 is 0 Å². The molecule has 0 spiro atoms. The Morgan fingerprint density at radius 2 is 2.38 bits per heavy atom. The van der Waals surface area contributed by atoms with Crippen LogP contribution in [-0.2, 0) is 0 Å². The van der Waals surface area contributed by atoms with Crippen LogP contribution in [0.5, 0.6) is 0 Å². The van der Waals surface area contributed by atoms with E-state index >= 15 is 0 Å². The average molecular weight is 290 g/mol. The number of aromatic nitrogens is 2. The van der Waals surface area contributed by atoms with Gasteiger partial charge in [0.05, 0.1) is 6.26 Å². The Bertz CT molecular complexity index is 606. The summed E-state index contributed by atoms with van der Waals surface area (Å²) < 4.78 is 10.4. The van der Waals surface area contributed by atoms with Crippen LogP contribution in [0.1, 0.15) is 32.0 Å². The van der Waals surface area contributed by atoms with Crippen LogP contribution in [0.2, 0.25) is 0 Å². The van der Waals surface area contributed by atoms with Gasteiger partial charge < -0.3 is 19.2 Å². The van der Waals surface area contributed by atoms with Crippen molar-refractivity contribution < 1.29 is 13.7 Å². The van der Waals surface area contributed by atoms with Crippen molar-refractivity contribution in [3.63, 3.8) is 0 Å². The van der Waals surface area contributed by atoms with E-state index in [0.29, 0.717) is 30.6 Å². The van der Waals surface area contributed by atoms with Crippen molar-refractivity contribution in [1.82, 2.24) is 20.4 Å². The number of carbonyl (C=O) groups excluding carboxylic acids is 1. The maximum absolute atomic E-state index is 12.0. The van der Waals surface area contributed by atoms with Gasteiger partial charge in [0.2, 0.25) is 0 Å². The Balaban J connectivity index is 1.65. The van der Waals surface area contributed by atoms with Gasteiger partial charge in [-0.3, -0.25) is 0 Å². The SMILES string of the molecule is CC(C)NC(=O)N1CC[C@H](c2noc(-c3ccco3)n2)C1. The van der Waals surface area contributed by atoms with E-state index in [1.807, 2.05) is 13.8 Å². The highest BCUT2D eigenvalue weighted by atomic mass is 16.5. The molecule has 112 valence electrons. The zero-order chi connectivity index (χ0) is 14.8. The van der Waals surface area contributed by atoms with E-state index in [9.17, 15) is 4.79 Å². The predicted octanol–water partition coefficient (Wildman–Crippen LogP) is 2.24. The van der Waals surface area contributed by atoms with Gasteiger partial charge in [0.25, 0.3) is 5.89 Å². The Hall–Kier alpha value is -2.31. The minimum atomic E-state index is -0.0396. The topological polar surface area (TPSA) is 84.4 Å². The fourth-order valence-electron chi connectivity index (χ4n) is 2.39. The van der Waals surface area contributed by atoms with Gasteiger partial charge in [-0.2, -0.15) is 4.98 Å². The van der Waals surface area contributed by atoms with Crippen LogP contribution in [0, 0.1) is 0 Å². The standard InChI is InChI=1S/C14H18N4O3/c1-9(2)15-14(19)18-6-5-10(8-18)12-16-13(21-17-12)11-4-3-7-20-11/h3-4,7,9-10H,5-6,8H2,1-2H3,(H,15,19)/t10-/m0/s1. The number of likely N-dealkylation sites (tertiary alicyclic amines) is 1. The minimum Gasteiger partial charge on any atom is -0.459 e. The first kappa shape index (κ1) is 13.7. The summed E-state index contributed by atoms with van der Waals surface area (Å²) in [5.41, 5.74) is 0. The molecular formula is C14H18N4O3. The molecule has 2 amide bonds. The zero-order valence-corrected chi connectivity index (χ0v) is 12.1. The van der Waals surface area contributed by atoms with Gasteiger partial charge in [-0.25, -0.2) is 4.79 Å². The summed E-state index contributed by atoms with van der Waals surface area (Å²) in [5.74, 6) is 1.66. The van der Waals surface area contributed by atoms with Crippen molar-refractivity contribution in [2.75, 3.05) is 13.1 Å². The molecule has 1 N–H and O–H groups in total. The number of hydrogen-bond donors (Lipinski definition) is 1. The fourth-order valence-corrected chi connectivity index (χ4v) is 2.39. The van der Waals surface area contributed by atoms with Gasteiger partial charge in [-0.15, -0.1) is 0 Å². The van der Waals surface area contributed by atoms with Crippen molar-refractivity contribution in [3.8, 4) is 11.7 Å². The largest absolute Gasteiger partial charge is 0.459 e. The molecule has 3 heterocycles. The van der Waals surface area contributed by atoms with Gasteiger partial charge >= 0.3 is 6.03 Å². The van der Waals surface area contributed by atoms with E-state index in [1.54, 1.807) is 23.3 Å². The lowest BCUT2D eigenvalue weighted by Crippen LogP contribution is -2.41. The van der Waals surface area contributed by atoms with Gasteiger partial charge in [-0.05, 0) is 32.4 Å². The Morgan fingerprint density at radius 1 is 1.52 bits per heavy atom. The first-order chi connectivity index (χ1) is 10.1. The quantitative estimate of drug-likeness (QED) is 0.937. The third-order valence-electron chi connectivity index (χ3n) is 3.43. The highest BCUT2D eigenvalue weighted by Crippen LogP contribution is 2.27. The number of rotatable bonds is 3. The summed E-state index contributed by atoms with van der Waals surface area (Å²) in [7, 11) is 0. The molecule has 0 aromatic carbocycles. The second kappa shape index (κ2) is 5.59. The van der Waals surface area contributed by atoms with Crippen LogP contribution in [0.25, 0.3) is 11.7 Å². The smallest absolute Gasteiger partial charge is 0.317 e. The molecule has 0 saturated carbocycles. The molecule has 0 bridgehead atoms. The molecule has 0 aliphatic carbocycles. The molecule has 0 unspecified atom stereocenters. The summed E-state index contributed by atoms with van der Waals surface area (Å²) in [5, 5.41) is 6.90. The lowest BCUT2D eigenvalue weighted by molar-refractivity contribution is 0.205. The first-order valence-electron chi connectivity index (χ1n) is 7.06. The molecule has 21 heavy (non-hydrogen) atoms. The second-order valence-corrected chi connectivity index (χ2v) is 5.47. The molecule has 2 aromatic rings. The first-order valence-corrected chi connectivity index (χ1v) is 7.06. The molecule has 7 nitrogen and oxygen atoms in total. The van der Waals surface area contributed by atoms with E-state index in [2.05, 4.69) is 15.5 Å². The normalized spacial score (nSPS) is 18.4. The van der Waals surface area contributed by atoms with Crippen LogP contribution < -0.4 is 5.32 Å². The average Bonchev–Trinajstić information content (AvgIpc) is 3.18. The van der Waals surface area contributed by atoms with Gasteiger partial charge in [-0.1, -0.05) is 5.16 Å². The third kappa shape index (κ3) is 2.91. The van der Waals surface area contributed by atoms with Crippen LogP contribution in [-0.4, -0.2) is 40.2 Å². The number of hydrogen-bond acceptors (Lipinski definition) is 5. The number of nitrogens with zero attached hydrogens (tertiary/aromatic N) is 3. The number of amides is 2. The minimum absolute atomic E-state index is 0.0396. The molecule has 1 aliphatic rings. The maximum Gasteiger partial charge on any atom is 0.317 e. The molecule has 1 aliphatic heterocycles. The van der Waals surface area contributed by atoms with Crippen molar-refractivity contribution in [3.05, 3.63) is 24.2 Å². The van der Waals surface area contributed by atoms with E-state index in [0.717, 1.165) is 6.42 Å². The molecule has 0 radical (unpaired) electrons. The molecule has 7 heteroatoms. The number of furan rings is 1.